The van der Waals surface area contributed by atoms with Crippen LogP contribution in [0.3, 0.4) is 0 Å². The van der Waals surface area contributed by atoms with Crippen molar-refractivity contribution in [2.24, 2.45) is 11.3 Å². The lowest BCUT2D eigenvalue weighted by molar-refractivity contribution is -0.169. The van der Waals surface area contributed by atoms with Crippen LogP contribution in [0.5, 0.6) is 0 Å². The molecule has 146 valence electrons. The highest BCUT2D eigenvalue weighted by Gasteiger charge is 2.52. The van der Waals surface area contributed by atoms with Gasteiger partial charge in [-0.3, -0.25) is 14.4 Å². The second-order valence-corrected chi connectivity index (χ2v) is 6.22. The molecule has 0 radical (unpaired) electrons. The average Bonchev–Trinajstić information content (AvgIpc) is 2.64. The molecule has 0 N–H and O–H groups in total. The van der Waals surface area contributed by atoms with Crippen molar-refractivity contribution in [2.75, 3.05) is 13.2 Å². The highest BCUT2D eigenvalue weighted by atomic mass is 16.6. The van der Waals surface area contributed by atoms with Crippen molar-refractivity contribution in [1.82, 2.24) is 0 Å². The number of carbonyl (C=O) groups is 3. The van der Waals surface area contributed by atoms with Crippen LogP contribution in [0.2, 0.25) is 0 Å². The van der Waals surface area contributed by atoms with E-state index >= 15 is 0 Å². The molecule has 0 aliphatic carbocycles. The van der Waals surface area contributed by atoms with Gasteiger partial charge in [0.25, 0.3) is 0 Å². The summed E-state index contributed by atoms with van der Waals surface area (Å²) < 4.78 is 10.3. The van der Waals surface area contributed by atoms with Crippen molar-refractivity contribution in [3.05, 3.63) is 60.7 Å². The Labute approximate surface area is 161 Å². The van der Waals surface area contributed by atoms with Crippen LogP contribution >= 0.6 is 0 Å². The Kier molecular flexibility index (Phi) is 8.66. The van der Waals surface area contributed by atoms with Gasteiger partial charge in [-0.1, -0.05) is 43.0 Å². The number of ether oxygens (including phenoxy) is 2. The van der Waals surface area contributed by atoms with Gasteiger partial charge in [0.2, 0.25) is 0 Å². The fourth-order valence-electron chi connectivity index (χ4n) is 3.03. The molecule has 0 aliphatic rings. The lowest BCUT2D eigenvalue weighted by Gasteiger charge is -2.33. The molecular weight excluding hydrogens is 344 g/mol. The number of rotatable bonds is 11. The Morgan fingerprint density at radius 2 is 1.59 bits per heavy atom. The van der Waals surface area contributed by atoms with Gasteiger partial charge in [-0.25, -0.2) is 0 Å². The van der Waals surface area contributed by atoms with Crippen LogP contribution in [0, 0.1) is 11.3 Å². The first kappa shape index (κ1) is 22.4. The van der Waals surface area contributed by atoms with Crippen LogP contribution in [0.1, 0.15) is 32.8 Å². The summed E-state index contributed by atoms with van der Waals surface area (Å²) in [6, 6.07) is 9.37. The number of hydrogen-bond acceptors (Lipinski definition) is 5. The van der Waals surface area contributed by atoms with Gasteiger partial charge in [-0.2, -0.15) is 0 Å². The van der Waals surface area contributed by atoms with E-state index in [1.54, 1.807) is 13.8 Å². The fraction of sp³-hybridized carbons (Fsp3) is 0.409. The molecule has 0 aromatic heterocycles. The number of ketones is 1. The zero-order chi connectivity index (χ0) is 20.4. The van der Waals surface area contributed by atoms with Gasteiger partial charge in [0.1, 0.15) is 5.78 Å². The van der Waals surface area contributed by atoms with E-state index in [0.29, 0.717) is 6.42 Å². The summed E-state index contributed by atoms with van der Waals surface area (Å²) in [5.74, 6) is -2.47. The summed E-state index contributed by atoms with van der Waals surface area (Å²) in [5.41, 5.74) is -0.714. The van der Waals surface area contributed by atoms with Crippen molar-refractivity contribution >= 4 is 17.7 Å². The van der Waals surface area contributed by atoms with Crippen LogP contribution < -0.4 is 0 Å². The molecule has 0 bridgehead atoms. The van der Waals surface area contributed by atoms with E-state index in [-0.39, 0.29) is 31.0 Å². The van der Waals surface area contributed by atoms with E-state index in [0.717, 1.165) is 5.56 Å². The fourth-order valence-corrected chi connectivity index (χ4v) is 3.03. The Bertz CT molecular complexity index is 672. The molecule has 0 saturated heterocycles. The second kappa shape index (κ2) is 10.5. The maximum Gasteiger partial charge on any atom is 0.328 e. The predicted octanol–water partition coefficient (Wildman–Crippen LogP) is 3.68. The number of Topliss-reactive ketones (excluding diaryl/α,β-unsaturated/α-hetero) is 1. The van der Waals surface area contributed by atoms with Gasteiger partial charge in [-0.15, -0.1) is 6.58 Å². The molecule has 0 aliphatic heterocycles. The Morgan fingerprint density at radius 3 is 2.00 bits per heavy atom. The molecule has 0 heterocycles. The molecular formula is C22H28O5. The van der Waals surface area contributed by atoms with Gasteiger partial charge in [0.05, 0.1) is 13.2 Å². The molecule has 1 unspecified atom stereocenters. The van der Waals surface area contributed by atoms with Gasteiger partial charge in [0.15, 0.2) is 5.41 Å². The highest BCUT2D eigenvalue weighted by Crippen LogP contribution is 2.40. The Morgan fingerprint density at radius 1 is 1.07 bits per heavy atom. The van der Waals surface area contributed by atoms with E-state index in [1.165, 1.54) is 13.0 Å². The number of hydrogen-bond donors (Lipinski definition) is 0. The van der Waals surface area contributed by atoms with Crippen LogP contribution in [-0.4, -0.2) is 30.9 Å². The number of carbonyl (C=O) groups excluding carboxylic acids is 3. The minimum absolute atomic E-state index is 0.0535. The largest absolute Gasteiger partial charge is 0.465 e. The van der Waals surface area contributed by atoms with Crippen molar-refractivity contribution in [3.8, 4) is 0 Å². The van der Waals surface area contributed by atoms with Gasteiger partial charge in [-0.05, 0) is 44.7 Å². The molecule has 1 aromatic rings. The molecule has 0 amide bonds. The van der Waals surface area contributed by atoms with Gasteiger partial charge in [0, 0.05) is 5.92 Å². The van der Waals surface area contributed by atoms with E-state index in [4.69, 9.17) is 9.47 Å². The van der Waals surface area contributed by atoms with Gasteiger partial charge >= 0.3 is 11.9 Å². The molecule has 0 saturated carbocycles. The molecule has 1 rings (SSSR count). The van der Waals surface area contributed by atoms with Crippen molar-refractivity contribution in [2.45, 2.75) is 33.6 Å². The van der Waals surface area contributed by atoms with Crippen molar-refractivity contribution < 1.29 is 23.9 Å². The summed E-state index contributed by atoms with van der Waals surface area (Å²) in [5, 5.41) is 0. The third kappa shape index (κ3) is 5.16. The van der Waals surface area contributed by atoms with Crippen molar-refractivity contribution in [3.63, 3.8) is 0 Å². The molecule has 0 fully saturated rings. The second-order valence-electron chi connectivity index (χ2n) is 6.22. The monoisotopic (exact) mass is 372 g/mol. The van der Waals surface area contributed by atoms with Crippen molar-refractivity contribution in [1.29, 1.82) is 0 Å². The molecule has 1 aromatic carbocycles. The quantitative estimate of drug-likeness (QED) is 0.337. The molecule has 27 heavy (non-hydrogen) atoms. The number of allylic oxidation sites excluding steroid dienone is 1. The van der Waals surface area contributed by atoms with Crippen LogP contribution in [0.4, 0.5) is 0 Å². The smallest absolute Gasteiger partial charge is 0.328 e. The number of benzene rings is 1. The summed E-state index contributed by atoms with van der Waals surface area (Å²) in [6.07, 6.45) is 1.72. The normalized spacial score (nSPS) is 12.0. The van der Waals surface area contributed by atoms with E-state index < -0.39 is 23.3 Å². The maximum absolute atomic E-state index is 12.8. The molecule has 5 nitrogen and oxygen atoms in total. The topological polar surface area (TPSA) is 69.7 Å². The lowest BCUT2D eigenvalue weighted by atomic mass is 9.70. The van der Waals surface area contributed by atoms with Crippen LogP contribution in [0.15, 0.2) is 55.1 Å². The summed E-state index contributed by atoms with van der Waals surface area (Å²) in [6.45, 7) is 12.6. The van der Waals surface area contributed by atoms with Crippen LogP contribution in [0.25, 0.3) is 0 Å². The third-order valence-electron chi connectivity index (χ3n) is 4.44. The third-order valence-corrected chi connectivity index (χ3v) is 4.44. The van der Waals surface area contributed by atoms with E-state index in [1.807, 2.05) is 30.3 Å². The minimum atomic E-state index is -1.79. The Balaban J connectivity index is 3.43. The molecule has 5 heteroatoms. The van der Waals surface area contributed by atoms with E-state index in [2.05, 4.69) is 13.2 Å². The first-order valence-corrected chi connectivity index (χ1v) is 9.04. The zero-order valence-corrected chi connectivity index (χ0v) is 16.3. The molecule has 0 spiro atoms. The highest BCUT2D eigenvalue weighted by molar-refractivity contribution is 6.05. The predicted molar refractivity (Wildman–Crippen MR) is 104 cm³/mol. The first-order chi connectivity index (χ1) is 12.8. The number of esters is 2. The maximum atomic E-state index is 12.8. The summed E-state index contributed by atoms with van der Waals surface area (Å²) in [4.78, 5) is 38.1. The van der Waals surface area contributed by atoms with E-state index in [9.17, 15) is 14.4 Å². The SMILES string of the molecule is C=CCC(C(=C)C(Cc1ccccc1)C(C)=O)(C(=O)OCC)C(=O)OCC. The summed E-state index contributed by atoms with van der Waals surface area (Å²) >= 11 is 0. The average molecular weight is 372 g/mol. The molecule has 1 atom stereocenters. The minimum Gasteiger partial charge on any atom is -0.465 e. The standard InChI is InChI=1S/C22H28O5/c1-6-14-22(20(24)26-7-2,21(25)27-8-3)16(4)19(17(5)23)15-18-12-10-9-11-13-18/h6,9-13,19H,1,4,7-8,14-15H2,2-3,5H3. The van der Waals surface area contributed by atoms with Gasteiger partial charge < -0.3 is 9.47 Å². The zero-order valence-electron chi connectivity index (χ0n) is 16.3. The van der Waals surface area contributed by atoms with Crippen LogP contribution in [-0.2, 0) is 30.3 Å². The Hall–Kier alpha value is -2.69. The summed E-state index contributed by atoms with van der Waals surface area (Å²) in [7, 11) is 0. The lowest BCUT2D eigenvalue weighted by Crippen LogP contribution is -2.46. The first-order valence-electron chi connectivity index (χ1n) is 9.04.